The third kappa shape index (κ3) is 4.22. The molecule has 0 N–H and O–H groups in total. The third-order valence-electron chi connectivity index (χ3n) is 4.35. The maximum absolute atomic E-state index is 3.85. The molecule has 0 unspecified atom stereocenters. The summed E-state index contributed by atoms with van der Waals surface area (Å²) < 4.78 is 0. The van der Waals surface area contributed by atoms with Gasteiger partial charge in [0.1, 0.15) is 0 Å². The average Bonchev–Trinajstić information content (AvgIpc) is 2.40. The summed E-state index contributed by atoms with van der Waals surface area (Å²) in [7, 11) is 0. The highest BCUT2D eigenvalue weighted by atomic mass is 15.1. The van der Waals surface area contributed by atoms with Crippen molar-refractivity contribution in [3.05, 3.63) is 24.9 Å². The van der Waals surface area contributed by atoms with Crippen molar-refractivity contribution >= 4 is 0 Å². The van der Waals surface area contributed by atoms with Crippen LogP contribution in [0.3, 0.4) is 0 Å². The van der Waals surface area contributed by atoms with Gasteiger partial charge in [-0.1, -0.05) is 12.2 Å². The molecule has 1 heterocycles. The molecule has 1 heteroatoms. The molecule has 1 nitrogen and oxygen atoms in total. The molecule has 2 rings (SSSR count). The van der Waals surface area contributed by atoms with E-state index in [0.29, 0.717) is 0 Å². The van der Waals surface area contributed by atoms with Gasteiger partial charge in [-0.05, 0) is 69.4 Å². The first kappa shape index (κ1) is 12.7. The fourth-order valence-corrected chi connectivity index (χ4v) is 3.16. The number of rotatable bonds is 4. The SMILES string of the molecule is C=CC[C@H]1CC[C@H](/C=C/N2CCCCC2)CC1. The Morgan fingerprint density at radius 3 is 2.35 bits per heavy atom. The first-order valence-corrected chi connectivity index (χ1v) is 7.42. The zero-order valence-electron chi connectivity index (χ0n) is 11.1. The van der Waals surface area contributed by atoms with Crippen LogP contribution in [0, 0.1) is 11.8 Å². The first-order valence-electron chi connectivity index (χ1n) is 7.42. The van der Waals surface area contributed by atoms with Gasteiger partial charge in [-0.15, -0.1) is 6.58 Å². The molecule has 1 aliphatic heterocycles. The van der Waals surface area contributed by atoms with Gasteiger partial charge in [-0.25, -0.2) is 0 Å². The van der Waals surface area contributed by atoms with E-state index in [2.05, 4.69) is 29.8 Å². The van der Waals surface area contributed by atoms with E-state index in [4.69, 9.17) is 0 Å². The lowest BCUT2D eigenvalue weighted by atomic mass is 9.80. The fraction of sp³-hybridized carbons (Fsp3) is 0.750. The van der Waals surface area contributed by atoms with E-state index < -0.39 is 0 Å². The van der Waals surface area contributed by atoms with Gasteiger partial charge >= 0.3 is 0 Å². The van der Waals surface area contributed by atoms with Gasteiger partial charge in [0.15, 0.2) is 0 Å². The molecule has 2 aliphatic rings. The van der Waals surface area contributed by atoms with Crippen molar-refractivity contribution < 1.29 is 0 Å². The smallest absolute Gasteiger partial charge is 0.0172 e. The Labute approximate surface area is 107 Å². The fourth-order valence-electron chi connectivity index (χ4n) is 3.16. The van der Waals surface area contributed by atoms with Gasteiger partial charge in [0, 0.05) is 13.1 Å². The number of allylic oxidation sites excluding steroid dienone is 2. The highest BCUT2D eigenvalue weighted by molar-refractivity contribution is 4.92. The Morgan fingerprint density at radius 1 is 1.00 bits per heavy atom. The quantitative estimate of drug-likeness (QED) is 0.652. The zero-order chi connectivity index (χ0) is 11.9. The molecule has 0 aromatic rings. The summed E-state index contributed by atoms with van der Waals surface area (Å²) >= 11 is 0. The summed E-state index contributed by atoms with van der Waals surface area (Å²) in [6.07, 6.45) is 18.0. The van der Waals surface area contributed by atoms with Crippen molar-refractivity contribution in [2.45, 2.75) is 51.4 Å². The number of nitrogens with zero attached hydrogens (tertiary/aromatic N) is 1. The lowest BCUT2D eigenvalue weighted by Crippen LogP contribution is -2.24. The molecule has 1 saturated carbocycles. The lowest BCUT2D eigenvalue weighted by Gasteiger charge is -2.28. The molecule has 96 valence electrons. The lowest BCUT2D eigenvalue weighted by molar-refractivity contribution is 0.293. The number of likely N-dealkylation sites (tertiary alicyclic amines) is 1. The van der Waals surface area contributed by atoms with Crippen molar-refractivity contribution in [3.8, 4) is 0 Å². The van der Waals surface area contributed by atoms with Gasteiger partial charge in [0.2, 0.25) is 0 Å². The minimum atomic E-state index is 0.845. The molecule has 1 aliphatic carbocycles. The first-order chi connectivity index (χ1) is 8.38. The summed E-state index contributed by atoms with van der Waals surface area (Å²) in [6.45, 7) is 6.41. The van der Waals surface area contributed by atoms with Crippen LogP contribution in [0.1, 0.15) is 51.4 Å². The van der Waals surface area contributed by atoms with Gasteiger partial charge < -0.3 is 4.90 Å². The maximum Gasteiger partial charge on any atom is 0.0172 e. The number of hydrogen-bond acceptors (Lipinski definition) is 1. The predicted molar refractivity (Wildman–Crippen MR) is 74.8 cm³/mol. The Hall–Kier alpha value is -0.720. The van der Waals surface area contributed by atoms with Gasteiger partial charge in [0.25, 0.3) is 0 Å². The number of hydrogen-bond donors (Lipinski definition) is 0. The van der Waals surface area contributed by atoms with Gasteiger partial charge in [-0.3, -0.25) is 0 Å². The topological polar surface area (TPSA) is 3.24 Å². The average molecular weight is 233 g/mol. The monoisotopic (exact) mass is 233 g/mol. The Bertz CT molecular complexity index is 242. The second-order valence-corrected chi connectivity index (χ2v) is 5.74. The van der Waals surface area contributed by atoms with E-state index in [1.54, 1.807) is 0 Å². The van der Waals surface area contributed by atoms with Gasteiger partial charge in [-0.2, -0.15) is 0 Å². The van der Waals surface area contributed by atoms with Crippen molar-refractivity contribution in [2.24, 2.45) is 11.8 Å². The summed E-state index contributed by atoms with van der Waals surface area (Å²) in [5, 5.41) is 0. The van der Waals surface area contributed by atoms with E-state index in [-0.39, 0.29) is 0 Å². The highest BCUT2D eigenvalue weighted by Gasteiger charge is 2.18. The molecule has 2 fully saturated rings. The van der Waals surface area contributed by atoms with Crippen molar-refractivity contribution in [3.63, 3.8) is 0 Å². The van der Waals surface area contributed by atoms with Crippen molar-refractivity contribution in [1.29, 1.82) is 0 Å². The van der Waals surface area contributed by atoms with Crippen LogP contribution >= 0.6 is 0 Å². The van der Waals surface area contributed by atoms with Crippen LogP contribution in [-0.2, 0) is 0 Å². The van der Waals surface area contributed by atoms with Crippen molar-refractivity contribution in [2.75, 3.05) is 13.1 Å². The van der Waals surface area contributed by atoms with Crippen LogP contribution in [-0.4, -0.2) is 18.0 Å². The molecule has 0 amide bonds. The van der Waals surface area contributed by atoms with E-state index in [0.717, 1.165) is 11.8 Å². The third-order valence-corrected chi connectivity index (χ3v) is 4.35. The zero-order valence-corrected chi connectivity index (χ0v) is 11.1. The molecule has 0 radical (unpaired) electrons. The summed E-state index contributed by atoms with van der Waals surface area (Å²) in [5.41, 5.74) is 0. The number of piperidine rings is 1. The molecular formula is C16H27N. The highest BCUT2D eigenvalue weighted by Crippen LogP contribution is 2.31. The molecule has 0 spiro atoms. The van der Waals surface area contributed by atoms with E-state index in [1.165, 1.54) is 64.5 Å². The normalized spacial score (nSPS) is 30.7. The largest absolute Gasteiger partial charge is 0.378 e. The Morgan fingerprint density at radius 2 is 1.71 bits per heavy atom. The standard InChI is InChI=1S/C16H27N/c1-2-6-15-7-9-16(10-8-15)11-14-17-12-4-3-5-13-17/h2,11,14-16H,1,3-10,12-13H2/b14-11+/t15-,16-. The van der Waals surface area contributed by atoms with Crippen LogP contribution in [0.25, 0.3) is 0 Å². The molecule has 0 bridgehead atoms. The van der Waals surface area contributed by atoms with Crippen LogP contribution in [0.15, 0.2) is 24.9 Å². The Balaban J connectivity index is 1.69. The molecule has 1 saturated heterocycles. The minimum absolute atomic E-state index is 0.845. The molecule has 0 aromatic heterocycles. The summed E-state index contributed by atoms with van der Waals surface area (Å²) in [6, 6.07) is 0. The predicted octanol–water partition coefficient (Wildman–Crippen LogP) is 4.37. The van der Waals surface area contributed by atoms with Crippen LogP contribution < -0.4 is 0 Å². The molecular weight excluding hydrogens is 206 g/mol. The van der Waals surface area contributed by atoms with Gasteiger partial charge in [0.05, 0.1) is 0 Å². The summed E-state index contributed by atoms with van der Waals surface area (Å²) in [4.78, 5) is 2.51. The second kappa shape index (κ2) is 6.88. The minimum Gasteiger partial charge on any atom is -0.378 e. The summed E-state index contributed by atoms with van der Waals surface area (Å²) in [5.74, 6) is 1.77. The molecule has 0 atom stereocenters. The molecule has 17 heavy (non-hydrogen) atoms. The van der Waals surface area contributed by atoms with Crippen LogP contribution in [0.2, 0.25) is 0 Å². The van der Waals surface area contributed by atoms with Crippen LogP contribution in [0.4, 0.5) is 0 Å². The van der Waals surface area contributed by atoms with Crippen molar-refractivity contribution in [1.82, 2.24) is 4.90 Å². The van der Waals surface area contributed by atoms with Crippen LogP contribution in [0.5, 0.6) is 0 Å². The van der Waals surface area contributed by atoms with E-state index in [9.17, 15) is 0 Å². The Kier molecular flexibility index (Phi) is 5.15. The second-order valence-electron chi connectivity index (χ2n) is 5.74. The van der Waals surface area contributed by atoms with E-state index >= 15 is 0 Å². The van der Waals surface area contributed by atoms with E-state index in [1.807, 2.05) is 0 Å². The molecule has 0 aromatic carbocycles. The maximum atomic E-state index is 3.85.